The van der Waals surface area contributed by atoms with Crippen LogP contribution in [0.1, 0.15) is 35.2 Å². The van der Waals surface area contributed by atoms with Crippen molar-refractivity contribution in [3.8, 4) is 5.75 Å². The van der Waals surface area contributed by atoms with Gasteiger partial charge in [-0.05, 0) is 69.1 Å². The number of alkyl halides is 3. The molecule has 5 rings (SSSR count). The van der Waals surface area contributed by atoms with E-state index in [1.54, 1.807) is 19.2 Å². The largest absolute Gasteiger partial charge is 0.494 e. The third kappa shape index (κ3) is 7.55. The first-order valence-corrected chi connectivity index (χ1v) is 14.5. The second-order valence-corrected chi connectivity index (χ2v) is 11.2. The second-order valence-electron chi connectivity index (χ2n) is 11.2. The third-order valence-electron chi connectivity index (χ3n) is 7.97. The topological polar surface area (TPSA) is 94.7 Å². The van der Waals surface area contributed by atoms with Gasteiger partial charge in [0.05, 0.1) is 30.5 Å². The van der Waals surface area contributed by atoms with Crippen LogP contribution >= 0.6 is 0 Å². The molecule has 1 saturated heterocycles. The van der Waals surface area contributed by atoms with Crippen molar-refractivity contribution >= 4 is 28.9 Å². The number of benzene rings is 2. The number of likely N-dealkylation sites (N-methyl/N-ethyl adjacent to an activating group) is 1. The van der Waals surface area contributed by atoms with Gasteiger partial charge in [0.1, 0.15) is 5.75 Å². The number of hydrogen-bond acceptors (Lipinski definition) is 8. The van der Waals surface area contributed by atoms with Crippen molar-refractivity contribution in [2.24, 2.45) is 0 Å². The van der Waals surface area contributed by atoms with Gasteiger partial charge in [-0.15, -0.1) is 0 Å². The monoisotopic (exact) mass is 597 g/mol. The fourth-order valence-corrected chi connectivity index (χ4v) is 5.64. The number of piperidine rings is 1. The number of rotatable bonds is 11. The van der Waals surface area contributed by atoms with Crippen LogP contribution in [-0.4, -0.2) is 74.2 Å². The molecule has 0 bridgehead atoms. The average Bonchev–Trinajstić information content (AvgIpc) is 3.37. The van der Waals surface area contributed by atoms with E-state index in [1.165, 1.54) is 0 Å². The molecule has 2 aliphatic rings. The first kappa shape index (κ1) is 30.6. The van der Waals surface area contributed by atoms with Crippen LogP contribution in [0.3, 0.4) is 0 Å². The van der Waals surface area contributed by atoms with Gasteiger partial charge in [-0.1, -0.05) is 12.1 Å². The number of carbonyl (C=O) groups excluding carboxylic acids is 1. The van der Waals surface area contributed by atoms with Crippen LogP contribution in [0, 0.1) is 0 Å². The van der Waals surface area contributed by atoms with Gasteiger partial charge in [-0.2, -0.15) is 13.2 Å². The summed E-state index contributed by atoms with van der Waals surface area (Å²) in [7, 11) is 5.69. The Balaban J connectivity index is 1.28. The lowest BCUT2D eigenvalue weighted by atomic mass is 9.98. The summed E-state index contributed by atoms with van der Waals surface area (Å²) in [6, 6.07) is 11.7. The summed E-state index contributed by atoms with van der Waals surface area (Å²) in [5.74, 6) is 0.476. The number of hydrogen-bond donors (Lipinski definition) is 3. The minimum Gasteiger partial charge on any atom is -0.494 e. The number of anilines is 4. The SMILES string of the molecule is COc1cc(N2CCC(NCCN(C)C)CC2)ccc1Nc1ncc(C(F)(F)F)c(CCc2cccc3c2CC(=O)N3)n1. The lowest BCUT2D eigenvalue weighted by molar-refractivity contribution is -0.138. The summed E-state index contributed by atoms with van der Waals surface area (Å²) in [6.07, 6.45) is -1.14. The fourth-order valence-electron chi connectivity index (χ4n) is 5.64. The van der Waals surface area contributed by atoms with E-state index in [-0.39, 0.29) is 30.4 Å². The van der Waals surface area contributed by atoms with Gasteiger partial charge in [-0.3, -0.25) is 4.79 Å². The summed E-state index contributed by atoms with van der Waals surface area (Å²) in [5, 5.41) is 9.47. The third-order valence-corrected chi connectivity index (χ3v) is 7.97. The molecule has 0 saturated carbocycles. The molecule has 3 heterocycles. The molecule has 0 atom stereocenters. The van der Waals surface area contributed by atoms with Crippen molar-refractivity contribution in [3.63, 3.8) is 0 Å². The van der Waals surface area contributed by atoms with E-state index >= 15 is 0 Å². The molecule has 9 nitrogen and oxygen atoms in total. The van der Waals surface area contributed by atoms with E-state index in [2.05, 4.69) is 49.8 Å². The van der Waals surface area contributed by atoms with Crippen LogP contribution < -0.4 is 25.6 Å². The molecular formula is C31H38F3N7O2. The molecule has 230 valence electrons. The predicted octanol–water partition coefficient (Wildman–Crippen LogP) is 4.65. The van der Waals surface area contributed by atoms with Crippen molar-refractivity contribution in [3.05, 3.63) is 65.0 Å². The second kappa shape index (κ2) is 13.2. The molecular weight excluding hydrogens is 559 g/mol. The molecule has 1 amide bonds. The highest BCUT2D eigenvalue weighted by atomic mass is 19.4. The number of aromatic nitrogens is 2. The van der Waals surface area contributed by atoms with Crippen LogP contribution in [0.2, 0.25) is 0 Å². The first-order valence-electron chi connectivity index (χ1n) is 14.5. The molecule has 3 N–H and O–H groups in total. The highest BCUT2D eigenvalue weighted by Gasteiger charge is 2.35. The lowest BCUT2D eigenvalue weighted by Gasteiger charge is -2.34. The van der Waals surface area contributed by atoms with Crippen LogP contribution in [0.15, 0.2) is 42.6 Å². The Bertz CT molecular complexity index is 1440. The number of nitrogens with one attached hydrogen (secondary N) is 3. The maximum Gasteiger partial charge on any atom is 0.419 e. The van der Waals surface area contributed by atoms with E-state index < -0.39 is 11.7 Å². The molecule has 0 unspecified atom stereocenters. The molecule has 2 aliphatic heterocycles. The molecule has 1 aromatic heterocycles. The lowest BCUT2D eigenvalue weighted by Crippen LogP contribution is -2.44. The zero-order valence-corrected chi connectivity index (χ0v) is 24.7. The van der Waals surface area contributed by atoms with Gasteiger partial charge in [0, 0.05) is 55.9 Å². The van der Waals surface area contributed by atoms with E-state index in [0.717, 1.165) is 62.0 Å². The van der Waals surface area contributed by atoms with Crippen LogP contribution in [0.5, 0.6) is 5.75 Å². The summed E-state index contributed by atoms with van der Waals surface area (Å²) in [6.45, 7) is 3.79. The summed E-state index contributed by atoms with van der Waals surface area (Å²) in [5.41, 5.74) is 2.94. The molecule has 2 aromatic carbocycles. The Labute approximate surface area is 249 Å². The van der Waals surface area contributed by atoms with Crippen molar-refractivity contribution in [1.82, 2.24) is 20.2 Å². The number of nitrogens with zero attached hydrogens (tertiary/aromatic N) is 4. The maximum atomic E-state index is 13.9. The molecule has 12 heteroatoms. The standard InChI is InChI=1S/C31H38F3N7O2/c1-40(2)16-13-35-21-11-14-41(15-12-21)22-8-10-27(28(17-22)43-3)39-30-36-19-24(31(32,33)34)26(38-30)9-7-20-5-4-6-25-23(20)18-29(42)37-25/h4-6,8,10,17,19,21,35H,7,9,11-16,18H2,1-3H3,(H,37,42)(H,36,38,39). The number of aryl methyl sites for hydroxylation is 2. The predicted molar refractivity (Wildman–Crippen MR) is 161 cm³/mol. The Morgan fingerprint density at radius 2 is 1.93 bits per heavy atom. The minimum absolute atomic E-state index is 0.0344. The van der Waals surface area contributed by atoms with E-state index in [0.29, 0.717) is 29.6 Å². The van der Waals surface area contributed by atoms with Gasteiger partial charge in [0.2, 0.25) is 11.9 Å². The first-order chi connectivity index (χ1) is 20.6. The molecule has 1 fully saturated rings. The summed E-state index contributed by atoms with van der Waals surface area (Å²) < 4.78 is 47.3. The molecule has 0 radical (unpaired) electrons. The van der Waals surface area contributed by atoms with Crippen molar-refractivity contribution < 1.29 is 22.7 Å². The smallest absolute Gasteiger partial charge is 0.419 e. The zero-order valence-electron chi connectivity index (χ0n) is 24.7. The minimum atomic E-state index is -4.60. The van der Waals surface area contributed by atoms with Crippen molar-refractivity contribution in [2.75, 3.05) is 62.9 Å². The number of carbonyl (C=O) groups is 1. The number of fused-ring (bicyclic) bond motifs is 1. The highest BCUT2D eigenvalue weighted by Crippen LogP contribution is 2.35. The zero-order chi connectivity index (χ0) is 30.6. The van der Waals surface area contributed by atoms with Crippen molar-refractivity contribution in [2.45, 2.75) is 44.3 Å². The number of amides is 1. The van der Waals surface area contributed by atoms with Gasteiger partial charge in [-0.25, -0.2) is 9.97 Å². The average molecular weight is 598 g/mol. The summed E-state index contributed by atoms with van der Waals surface area (Å²) in [4.78, 5) is 24.6. The number of ether oxygens (including phenoxy) is 1. The molecule has 0 aliphatic carbocycles. The number of methoxy groups -OCH3 is 1. The highest BCUT2D eigenvalue weighted by molar-refractivity contribution is 5.99. The van der Waals surface area contributed by atoms with Gasteiger partial charge in [0.15, 0.2) is 0 Å². The van der Waals surface area contributed by atoms with Crippen LogP contribution in [-0.2, 0) is 30.2 Å². The van der Waals surface area contributed by atoms with E-state index in [4.69, 9.17) is 4.74 Å². The van der Waals surface area contributed by atoms with E-state index in [9.17, 15) is 18.0 Å². The van der Waals surface area contributed by atoms with Gasteiger partial charge in [0.25, 0.3) is 0 Å². The Morgan fingerprint density at radius 3 is 2.65 bits per heavy atom. The number of halogens is 3. The Kier molecular flexibility index (Phi) is 9.36. The van der Waals surface area contributed by atoms with E-state index in [1.807, 2.05) is 24.3 Å². The van der Waals surface area contributed by atoms with Crippen LogP contribution in [0.4, 0.5) is 36.2 Å². The summed E-state index contributed by atoms with van der Waals surface area (Å²) >= 11 is 0. The van der Waals surface area contributed by atoms with Crippen LogP contribution in [0.25, 0.3) is 0 Å². The quantitative estimate of drug-likeness (QED) is 0.294. The van der Waals surface area contributed by atoms with Crippen molar-refractivity contribution in [1.29, 1.82) is 0 Å². The molecule has 0 spiro atoms. The Morgan fingerprint density at radius 1 is 1.14 bits per heavy atom. The molecule has 3 aromatic rings. The van der Waals surface area contributed by atoms with Gasteiger partial charge < -0.3 is 30.5 Å². The molecule has 43 heavy (non-hydrogen) atoms. The maximum absolute atomic E-state index is 13.9. The fraction of sp³-hybridized carbons (Fsp3) is 0.452. The Hall–Kier alpha value is -3.90. The van der Waals surface area contributed by atoms with Gasteiger partial charge >= 0.3 is 6.18 Å². The normalized spacial score (nSPS) is 15.5.